The first-order valence-corrected chi connectivity index (χ1v) is 6.84. The molecule has 0 bridgehead atoms. The number of hydrogen-bond acceptors (Lipinski definition) is 4. The van der Waals surface area contributed by atoms with Crippen LogP contribution in [0.25, 0.3) is 11.0 Å². The van der Waals surface area contributed by atoms with Crippen molar-refractivity contribution in [1.29, 1.82) is 0 Å². The van der Waals surface area contributed by atoms with E-state index in [0.29, 0.717) is 22.7 Å². The number of fused-ring (bicyclic) bond motifs is 1. The molecule has 1 saturated carbocycles. The molecule has 3 rings (SSSR count). The van der Waals surface area contributed by atoms with Crippen LogP contribution >= 0.6 is 11.6 Å². The Hall–Kier alpha value is -1.85. The molecule has 1 fully saturated rings. The van der Waals surface area contributed by atoms with E-state index in [1.807, 2.05) is 6.92 Å². The van der Waals surface area contributed by atoms with E-state index in [4.69, 9.17) is 26.9 Å². The van der Waals surface area contributed by atoms with Crippen molar-refractivity contribution in [3.8, 4) is 0 Å². The van der Waals surface area contributed by atoms with Gasteiger partial charge in [-0.25, -0.2) is 0 Å². The molecule has 21 heavy (non-hydrogen) atoms. The summed E-state index contributed by atoms with van der Waals surface area (Å²) in [7, 11) is 0. The van der Waals surface area contributed by atoms with Crippen molar-refractivity contribution in [3.05, 3.63) is 35.0 Å². The summed E-state index contributed by atoms with van der Waals surface area (Å²) in [6, 6.07) is 5.09. The monoisotopic (exact) mass is 309 g/mol. The second-order valence-electron chi connectivity index (χ2n) is 5.41. The van der Waals surface area contributed by atoms with Gasteiger partial charge in [0.25, 0.3) is 0 Å². The van der Waals surface area contributed by atoms with Gasteiger partial charge in [0.2, 0.25) is 0 Å². The van der Waals surface area contributed by atoms with Crippen molar-refractivity contribution < 1.29 is 19.1 Å². The SMILES string of the molecule is CC1(CN)CC1C(=O)O.O=Cc1cc(Cl)c2occc2c1. The molecule has 5 nitrogen and oxygen atoms in total. The van der Waals surface area contributed by atoms with E-state index in [-0.39, 0.29) is 11.3 Å². The minimum absolute atomic E-state index is 0.0914. The predicted molar refractivity (Wildman–Crippen MR) is 79.5 cm³/mol. The maximum Gasteiger partial charge on any atom is 0.307 e. The van der Waals surface area contributed by atoms with Crippen molar-refractivity contribution in [2.24, 2.45) is 17.1 Å². The van der Waals surface area contributed by atoms with Crippen LogP contribution < -0.4 is 5.73 Å². The van der Waals surface area contributed by atoms with E-state index in [2.05, 4.69) is 0 Å². The molecule has 0 saturated heterocycles. The number of aliphatic carboxylic acids is 1. The van der Waals surface area contributed by atoms with E-state index in [0.717, 1.165) is 18.1 Å². The Kier molecular flexibility index (Phi) is 4.34. The molecule has 0 spiro atoms. The third kappa shape index (κ3) is 3.25. The topological polar surface area (TPSA) is 93.5 Å². The van der Waals surface area contributed by atoms with Gasteiger partial charge in [0.05, 0.1) is 17.2 Å². The van der Waals surface area contributed by atoms with E-state index >= 15 is 0 Å². The summed E-state index contributed by atoms with van der Waals surface area (Å²) in [6.45, 7) is 2.40. The van der Waals surface area contributed by atoms with Crippen LogP contribution in [0.1, 0.15) is 23.7 Å². The lowest BCUT2D eigenvalue weighted by Gasteiger charge is -2.01. The minimum atomic E-state index is -0.706. The van der Waals surface area contributed by atoms with E-state index in [9.17, 15) is 9.59 Å². The number of halogens is 1. The number of carbonyl (C=O) groups excluding carboxylic acids is 1. The van der Waals surface area contributed by atoms with Gasteiger partial charge in [-0.05, 0) is 36.6 Å². The molecule has 0 radical (unpaired) electrons. The number of carboxylic acids is 1. The van der Waals surface area contributed by atoms with Crippen LogP contribution in [-0.2, 0) is 4.79 Å². The van der Waals surface area contributed by atoms with E-state index < -0.39 is 5.97 Å². The summed E-state index contributed by atoms with van der Waals surface area (Å²) in [5, 5.41) is 9.79. The lowest BCUT2D eigenvalue weighted by atomic mass is 10.1. The Balaban J connectivity index is 0.000000161. The molecular weight excluding hydrogens is 294 g/mol. The fourth-order valence-electron chi connectivity index (χ4n) is 2.15. The molecule has 1 heterocycles. The highest BCUT2D eigenvalue weighted by atomic mass is 35.5. The molecule has 1 aromatic carbocycles. The molecule has 2 unspecified atom stereocenters. The number of rotatable bonds is 3. The van der Waals surface area contributed by atoms with Gasteiger partial charge in [0.1, 0.15) is 6.29 Å². The fraction of sp³-hybridized carbons (Fsp3) is 0.333. The summed E-state index contributed by atoms with van der Waals surface area (Å²) in [5.74, 6) is -0.884. The van der Waals surface area contributed by atoms with Crippen LogP contribution in [0.2, 0.25) is 5.02 Å². The number of carboxylic acid groups (broad SMARTS) is 1. The van der Waals surface area contributed by atoms with Gasteiger partial charge in [0, 0.05) is 10.9 Å². The largest absolute Gasteiger partial charge is 0.481 e. The van der Waals surface area contributed by atoms with Crippen molar-refractivity contribution in [2.45, 2.75) is 13.3 Å². The van der Waals surface area contributed by atoms with E-state index in [1.54, 1.807) is 24.5 Å². The minimum Gasteiger partial charge on any atom is -0.481 e. The van der Waals surface area contributed by atoms with Gasteiger partial charge in [-0.15, -0.1) is 0 Å². The molecule has 6 heteroatoms. The first-order chi connectivity index (χ1) is 9.91. The summed E-state index contributed by atoms with van der Waals surface area (Å²) < 4.78 is 5.10. The van der Waals surface area contributed by atoms with Gasteiger partial charge >= 0.3 is 5.97 Å². The van der Waals surface area contributed by atoms with E-state index in [1.165, 1.54) is 0 Å². The Bertz CT molecular complexity index is 681. The number of carbonyl (C=O) groups is 2. The van der Waals surface area contributed by atoms with Gasteiger partial charge < -0.3 is 15.3 Å². The van der Waals surface area contributed by atoms with Crippen LogP contribution in [0.15, 0.2) is 28.9 Å². The van der Waals surface area contributed by atoms with Gasteiger partial charge in [-0.1, -0.05) is 18.5 Å². The molecule has 0 amide bonds. The van der Waals surface area contributed by atoms with Crippen molar-refractivity contribution in [2.75, 3.05) is 6.54 Å². The standard InChI is InChI=1S/C9H5ClO2.C6H11NO2/c10-8-4-6(5-11)3-7-1-2-12-9(7)8;1-6(3-7)2-4(6)5(8)9/h1-5H;4H,2-3,7H2,1H3,(H,8,9). The molecule has 2 atom stereocenters. The van der Waals surface area contributed by atoms with Gasteiger partial charge in [-0.2, -0.15) is 0 Å². The third-order valence-electron chi connectivity index (χ3n) is 3.78. The maximum atomic E-state index is 10.4. The number of hydrogen-bond donors (Lipinski definition) is 2. The van der Waals surface area contributed by atoms with Crippen LogP contribution in [0.4, 0.5) is 0 Å². The van der Waals surface area contributed by atoms with Crippen LogP contribution in [0, 0.1) is 11.3 Å². The number of benzene rings is 1. The molecule has 112 valence electrons. The highest BCUT2D eigenvalue weighted by molar-refractivity contribution is 6.35. The summed E-state index contributed by atoms with van der Waals surface area (Å²) in [6.07, 6.45) is 3.06. The molecular formula is C15H16ClNO4. The normalized spacial score (nSPS) is 23.3. The number of nitrogens with two attached hydrogens (primary N) is 1. The van der Waals surface area contributed by atoms with Crippen molar-refractivity contribution in [3.63, 3.8) is 0 Å². The number of aldehydes is 1. The van der Waals surface area contributed by atoms with Crippen LogP contribution in [-0.4, -0.2) is 23.9 Å². The fourth-order valence-corrected chi connectivity index (χ4v) is 2.43. The highest BCUT2D eigenvalue weighted by Gasteiger charge is 2.53. The molecule has 2 aromatic rings. The van der Waals surface area contributed by atoms with Crippen molar-refractivity contribution in [1.82, 2.24) is 0 Å². The Morgan fingerprint density at radius 3 is 2.81 bits per heavy atom. The first-order valence-electron chi connectivity index (χ1n) is 6.46. The summed E-state index contributed by atoms with van der Waals surface area (Å²) in [4.78, 5) is 20.7. The smallest absolute Gasteiger partial charge is 0.307 e. The zero-order chi connectivity index (χ0) is 15.6. The highest BCUT2D eigenvalue weighted by Crippen LogP contribution is 2.51. The average Bonchev–Trinajstić information content (AvgIpc) is 2.94. The Morgan fingerprint density at radius 1 is 1.62 bits per heavy atom. The average molecular weight is 310 g/mol. The van der Waals surface area contributed by atoms with Crippen molar-refractivity contribution >= 4 is 34.8 Å². The molecule has 1 aliphatic carbocycles. The van der Waals surface area contributed by atoms with Gasteiger partial charge in [0.15, 0.2) is 5.58 Å². The van der Waals surface area contributed by atoms with Crippen LogP contribution in [0.3, 0.4) is 0 Å². The molecule has 1 aromatic heterocycles. The Morgan fingerprint density at radius 2 is 2.33 bits per heavy atom. The first kappa shape index (κ1) is 15.5. The summed E-state index contributed by atoms with van der Waals surface area (Å²) >= 11 is 5.83. The maximum absolute atomic E-state index is 10.4. The second kappa shape index (κ2) is 5.87. The third-order valence-corrected chi connectivity index (χ3v) is 4.06. The zero-order valence-electron chi connectivity index (χ0n) is 11.5. The predicted octanol–water partition coefficient (Wildman–Crippen LogP) is 2.95. The Labute approximate surface area is 126 Å². The van der Waals surface area contributed by atoms with Crippen LogP contribution in [0.5, 0.6) is 0 Å². The number of furan rings is 1. The zero-order valence-corrected chi connectivity index (χ0v) is 12.3. The van der Waals surface area contributed by atoms with Gasteiger partial charge in [-0.3, -0.25) is 9.59 Å². The molecule has 1 aliphatic rings. The lowest BCUT2D eigenvalue weighted by molar-refractivity contribution is -0.139. The molecule has 3 N–H and O–H groups in total. The molecule has 0 aliphatic heterocycles. The summed E-state index contributed by atoms with van der Waals surface area (Å²) in [5.41, 5.74) is 6.43. The quantitative estimate of drug-likeness (QED) is 0.850. The lowest BCUT2D eigenvalue weighted by Crippen LogP contribution is -2.17. The second-order valence-corrected chi connectivity index (χ2v) is 5.82.